The Bertz CT molecular complexity index is 253. The zero-order chi connectivity index (χ0) is 8.65. The third-order valence-corrected chi connectivity index (χ3v) is 2.22. The van der Waals surface area contributed by atoms with E-state index in [2.05, 4.69) is 23.7 Å². The minimum Gasteiger partial charge on any atom is -0.236 e. The molecular formula is C10H13NS. The zero-order valence-corrected chi connectivity index (χ0v) is 8.16. The highest BCUT2D eigenvalue weighted by molar-refractivity contribution is 7.10. The summed E-state index contributed by atoms with van der Waals surface area (Å²) in [7, 11) is 0. The summed E-state index contributed by atoms with van der Waals surface area (Å²) in [5, 5.41) is 2.89. The van der Waals surface area contributed by atoms with Gasteiger partial charge in [-0.3, -0.25) is 0 Å². The van der Waals surface area contributed by atoms with Crippen molar-refractivity contribution in [3.05, 3.63) is 16.6 Å². The lowest BCUT2D eigenvalue weighted by molar-refractivity contribution is 0.737. The fraction of sp³-hybridized carbons (Fsp3) is 0.500. The van der Waals surface area contributed by atoms with Crippen LogP contribution in [0, 0.1) is 11.8 Å². The molecule has 0 amide bonds. The average Bonchev–Trinajstić information content (AvgIpc) is 2.57. The SMILES string of the molecule is CCCCCC#Cc1nccs1. The van der Waals surface area contributed by atoms with Crippen LogP contribution in [-0.4, -0.2) is 4.98 Å². The van der Waals surface area contributed by atoms with Gasteiger partial charge in [-0.1, -0.05) is 25.7 Å². The zero-order valence-electron chi connectivity index (χ0n) is 7.34. The van der Waals surface area contributed by atoms with Gasteiger partial charge >= 0.3 is 0 Å². The van der Waals surface area contributed by atoms with Crippen molar-refractivity contribution in [2.24, 2.45) is 0 Å². The molecule has 1 heterocycles. The number of aromatic nitrogens is 1. The van der Waals surface area contributed by atoms with Crippen molar-refractivity contribution in [3.8, 4) is 11.8 Å². The molecule has 0 atom stereocenters. The molecule has 64 valence electrons. The third-order valence-electron chi connectivity index (χ3n) is 1.53. The second kappa shape index (κ2) is 5.79. The molecule has 12 heavy (non-hydrogen) atoms. The van der Waals surface area contributed by atoms with Crippen molar-refractivity contribution in [1.29, 1.82) is 0 Å². The lowest BCUT2D eigenvalue weighted by Crippen LogP contribution is -1.72. The summed E-state index contributed by atoms with van der Waals surface area (Å²) in [4.78, 5) is 4.08. The fourth-order valence-electron chi connectivity index (χ4n) is 0.887. The first-order chi connectivity index (χ1) is 5.93. The van der Waals surface area contributed by atoms with Crippen LogP contribution in [0.5, 0.6) is 0 Å². The van der Waals surface area contributed by atoms with E-state index < -0.39 is 0 Å². The highest BCUT2D eigenvalue weighted by Crippen LogP contribution is 2.02. The molecule has 1 nitrogen and oxygen atoms in total. The second-order valence-electron chi connectivity index (χ2n) is 2.60. The molecule has 1 rings (SSSR count). The van der Waals surface area contributed by atoms with Crippen LogP contribution < -0.4 is 0 Å². The molecule has 0 N–H and O–H groups in total. The van der Waals surface area contributed by atoms with Gasteiger partial charge in [-0.25, -0.2) is 4.98 Å². The molecule has 0 bridgehead atoms. The molecule has 0 aromatic carbocycles. The number of thiazole rings is 1. The number of hydrogen-bond acceptors (Lipinski definition) is 2. The van der Waals surface area contributed by atoms with Gasteiger partial charge in [0.05, 0.1) is 0 Å². The standard InChI is InChI=1S/C10H13NS/c1-2-3-4-5-6-7-10-11-8-9-12-10/h8-9H,2-5H2,1H3. The minimum absolute atomic E-state index is 0.937. The Morgan fingerprint density at radius 2 is 2.42 bits per heavy atom. The maximum atomic E-state index is 4.08. The normalized spacial score (nSPS) is 9.08. The molecule has 0 unspecified atom stereocenters. The quantitative estimate of drug-likeness (QED) is 0.513. The summed E-state index contributed by atoms with van der Waals surface area (Å²) in [6.07, 6.45) is 6.56. The Morgan fingerprint density at radius 3 is 3.08 bits per heavy atom. The van der Waals surface area contributed by atoms with Crippen LogP contribution in [-0.2, 0) is 0 Å². The van der Waals surface area contributed by atoms with Crippen LogP contribution in [0.15, 0.2) is 11.6 Å². The first-order valence-electron chi connectivity index (χ1n) is 4.32. The molecule has 0 saturated heterocycles. The van der Waals surface area contributed by atoms with Crippen LogP contribution in [0.25, 0.3) is 0 Å². The van der Waals surface area contributed by atoms with Crippen molar-refractivity contribution < 1.29 is 0 Å². The number of unbranched alkanes of at least 4 members (excludes halogenated alkanes) is 3. The molecule has 0 aliphatic heterocycles. The molecule has 0 spiro atoms. The van der Waals surface area contributed by atoms with Crippen molar-refractivity contribution in [3.63, 3.8) is 0 Å². The van der Waals surface area contributed by atoms with E-state index in [9.17, 15) is 0 Å². The van der Waals surface area contributed by atoms with Gasteiger partial charge in [-0.2, -0.15) is 0 Å². The molecule has 0 aliphatic rings. The van der Waals surface area contributed by atoms with Crippen LogP contribution in [0.2, 0.25) is 0 Å². The topological polar surface area (TPSA) is 12.9 Å². The van der Waals surface area contributed by atoms with Crippen LogP contribution in [0.4, 0.5) is 0 Å². The van der Waals surface area contributed by atoms with E-state index >= 15 is 0 Å². The summed E-state index contributed by atoms with van der Waals surface area (Å²) >= 11 is 1.60. The largest absolute Gasteiger partial charge is 0.236 e. The van der Waals surface area contributed by atoms with E-state index in [0.717, 1.165) is 11.4 Å². The van der Waals surface area contributed by atoms with Gasteiger partial charge in [0.2, 0.25) is 0 Å². The Kier molecular flexibility index (Phi) is 4.48. The predicted molar refractivity (Wildman–Crippen MR) is 53.1 cm³/mol. The lowest BCUT2D eigenvalue weighted by atomic mass is 10.2. The van der Waals surface area contributed by atoms with Gasteiger partial charge in [-0.15, -0.1) is 11.3 Å². The van der Waals surface area contributed by atoms with Crippen molar-refractivity contribution in [1.82, 2.24) is 4.98 Å². The molecule has 0 aliphatic carbocycles. The highest BCUT2D eigenvalue weighted by atomic mass is 32.1. The molecule has 1 aromatic rings. The first-order valence-corrected chi connectivity index (χ1v) is 5.20. The lowest BCUT2D eigenvalue weighted by Gasteiger charge is -1.87. The number of nitrogens with zero attached hydrogens (tertiary/aromatic N) is 1. The molecule has 0 fully saturated rings. The summed E-state index contributed by atoms with van der Waals surface area (Å²) in [6, 6.07) is 0. The maximum Gasteiger partial charge on any atom is 0.166 e. The van der Waals surface area contributed by atoms with Gasteiger partial charge in [-0.05, 0) is 12.3 Å². The van der Waals surface area contributed by atoms with Crippen LogP contribution >= 0.6 is 11.3 Å². The molecular weight excluding hydrogens is 166 g/mol. The van der Waals surface area contributed by atoms with Gasteiger partial charge in [0.15, 0.2) is 5.01 Å². The van der Waals surface area contributed by atoms with E-state index in [1.807, 2.05) is 5.38 Å². The van der Waals surface area contributed by atoms with Crippen molar-refractivity contribution >= 4 is 11.3 Å². The predicted octanol–water partition coefficient (Wildman–Crippen LogP) is 3.07. The van der Waals surface area contributed by atoms with Gasteiger partial charge in [0, 0.05) is 18.0 Å². The van der Waals surface area contributed by atoms with E-state index in [-0.39, 0.29) is 0 Å². The minimum atomic E-state index is 0.937. The highest BCUT2D eigenvalue weighted by Gasteiger charge is 1.85. The average molecular weight is 179 g/mol. The Hall–Kier alpha value is -0.810. The Labute approximate surface area is 77.8 Å². The van der Waals surface area contributed by atoms with Crippen LogP contribution in [0.1, 0.15) is 37.6 Å². The van der Waals surface area contributed by atoms with Crippen LogP contribution in [0.3, 0.4) is 0 Å². The molecule has 0 saturated carbocycles. The molecule has 2 heteroatoms. The van der Waals surface area contributed by atoms with Crippen molar-refractivity contribution in [2.75, 3.05) is 0 Å². The van der Waals surface area contributed by atoms with E-state index in [1.54, 1.807) is 17.5 Å². The van der Waals surface area contributed by atoms with E-state index in [0.29, 0.717) is 0 Å². The number of rotatable bonds is 3. The van der Waals surface area contributed by atoms with Gasteiger partial charge < -0.3 is 0 Å². The third kappa shape index (κ3) is 3.54. The first kappa shape index (κ1) is 9.28. The van der Waals surface area contributed by atoms with Gasteiger partial charge in [0.25, 0.3) is 0 Å². The monoisotopic (exact) mass is 179 g/mol. The van der Waals surface area contributed by atoms with Crippen molar-refractivity contribution in [2.45, 2.75) is 32.6 Å². The smallest absolute Gasteiger partial charge is 0.166 e. The molecule has 0 radical (unpaired) electrons. The molecule has 1 aromatic heterocycles. The number of hydrogen-bond donors (Lipinski definition) is 0. The summed E-state index contributed by atoms with van der Waals surface area (Å²) in [5.74, 6) is 6.16. The summed E-state index contributed by atoms with van der Waals surface area (Å²) < 4.78 is 0. The van der Waals surface area contributed by atoms with E-state index in [1.165, 1.54) is 19.3 Å². The fourth-order valence-corrected chi connectivity index (χ4v) is 1.39. The summed E-state index contributed by atoms with van der Waals surface area (Å²) in [5.41, 5.74) is 0. The Morgan fingerprint density at radius 1 is 1.50 bits per heavy atom. The second-order valence-corrected chi connectivity index (χ2v) is 3.49. The van der Waals surface area contributed by atoms with Gasteiger partial charge in [0.1, 0.15) is 0 Å². The van der Waals surface area contributed by atoms with E-state index in [4.69, 9.17) is 0 Å². The Balaban J connectivity index is 2.21. The maximum absolute atomic E-state index is 4.08. The summed E-state index contributed by atoms with van der Waals surface area (Å²) in [6.45, 7) is 2.20.